The van der Waals surface area contributed by atoms with E-state index in [0.717, 1.165) is 5.56 Å². The van der Waals surface area contributed by atoms with E-state index in [2.05, 4.69) is 14.7 Å². The third-order valence-corrected chi connectivity index (χ3v) is 3.48. The monoisotopic (exact) mass is 314 g/mol. The van der Waals surface area contributed by atoms with Gasteiger partial charge in [0, 0.05) is 37.3 Å². The van der Waals surface area contributed by atoms with E-state index in [0.29, 0.717) is 29.1 Å². The summed E-state index contributed by atoms with van der Waals surface area (Å²) in [5.74, 6) is 0.606. The highest BCUT2D eigenvalue weighted by Crippen LogP contribution is 2.23. The first-order valence-electron chi connectivity index (χ1n) is 5.58. The average molecular weight is 315 g/mol. The number of non-ortho nitro benzene ring substituents is 1. The van der Waals surface area contributed by atoms with Crippen LogP contribution in [0.2, 0.25) is 5.02 Å². The van der Waals surface area contributed by atoms with Crippen molar-refractivity contribution in [2.24, 2.45) is 0 Å². The highest BCUT2D eigenvalue weighted by Gasteiger charge is 2.10. The van der Waals surface area contributed by atoms with Gasteiger partial charge in [-0.1, -0.05) is 11.6 Å². The van der Waals surface area contributed by atoms with Crippen molar-refractivity contribution in [2.75, 3.05) is 12.4 Å². The molecule has 0 aliphatic heterocycles. The van der Waals surface area contributed by atoms with Crippen LogP contribution in [0.25, 0.3) is 0 Å². The molecule has 9 heteroatoms. The zero-order valence-corrected chi connectivity index (χ0v) is 12.1. The highest BCUT2D eigenvalue weighted by atomic mass is 35.5. The molecule has 0 radical (unpaired) electrons. The van der Waals surface area contributed by atoms with Gasteiger partial charge in [0.2, 0.25) is 5.13 Å². The van der Waals surface area contributed by atoms with E-state index >= 15 is 0 Å². The van der Waals surface area contributed by atoms with Crippen LogP contribution in [0, 0.1) is 10.1 Å². The van der Waals surface area contributed by atoms with Gasteiger partial charge in [-0.25, -0.2) is 4.98 Å². The first-order valence-corrected chi connectivity index (χ1v) is 6.73. The summed E-state index contributed by atoms with van der Waals surface area (Å²) in [5.41, 5.74) is 0.720. The van der Waals surface area contributed by atoms with Crippen molar-refractivity contribution in [1.29, 1.82) is 0 Å². The van der Waals surface area contributed by atoms with E-state index < -0.39 is 4.92 Å². The van der Waals surface area contributed by atoms with Crippen molar-refractivity contribution in [2.45, 2.75) is 13.2 Å². The number of hydrogen-bond donors (Lipinski definition) is 1. The highest BCUT2D eigenvalue weighted by molar-refractivity contribution is 7.09. The molecule has 1 aromatic carbocycles. The van der Waals surface area contributed by atoms with E-state index in [1.54, 1.807) is 13.2 Å². The second-order valence-electron chi connectivity index (χ2n) is 3.84. The number of anilines is 1. The third kappa shape index (κ3) is 3.62. The molecule has 0 aliphatic carbocycles. The number of nitro benzene ring substituents is 1. The van der Waals surface area contributed by atoms with E-state index in [9.17, 15) is 10.1 Å². The molecule has 1 N–H and O–H groups in total. The van der Waals surface area contributed by atoms with Crippen LogP contribution in [-0.4, -0.2) is 21.4 Å². The fraction of sp³-hybridized carbons (Fsp3) is 0.273. The Bertz CT molecular complexity index is 619. The fourth-order valence-corrected chi connectivity index (χ4v) is 2.29. The van der Waals surface area contributed by atoms with Gasteiger partial charge in [-0.05, 0) is 11.6 Å². The summed E-state index contributed by atoms with van der Waals surface area (Å²) < 4.78 is 9.03. The molecule has 0 fully saturated rings. The van der Waals surface area contributed by atoms with Gasteiger partial charge in [0.1, 0.15) is 6.61 Å². The summed E-state index contributed by atoms with van der Waals surface area (Å²) in [6.07, 6.45) is 0. The van der Waals surface area contributed by atoms with Gasteiger partial charge in [-0.2, -0.15) is 4.37 Å². The van der Waals surface area contributed by atoms with Gasteiger partial charge in [0.15, 0.2) is 5.82 Å². The maximum absolute atomic E-state index is 10.6. The number of methoxy groups -OCH3 is 1. The lowest BCUT2D eigenvalue weighted by molar-refractivity contribution is -0.384. The molecular weight excluding hydrogens is 304 g/mol. The number of benzene rings is 1. The van der Waals surface area contributed by atoms with Crippen LogP contribution in [-0.2, 0) is 17.9 Å². The van der Waals surface area contributed by atoms with E-state index in [1.165, 1.54) is 23.7 Å². The van der Waals surface area contributed by atoms with E-state index in [-0.39, 0.29) is 5.69 Å². The number of aromatic nitrogens is 2. The van der Waals surface area contributed by atoms with Crippen LogP contribution in [0.5, 0.6) is 0 Å². The summed E-state index contributed by atoms with van der Waals surface area (Å²) in [6.45, 7) is 0.773. The van der Waals surface area contributed by atoms with Crippen LogP contribution >= 0.6 is 23.1 Å². The minimum Gasteiger partial charge on any atom is -0.377 e. The van der Waals surface area contributed by atoms with Gasteiger partial charge in [0.05, 0.1) is 9.95 Å². The number of nitrogens with zero attached hydrogens (tertiary/aromatic N) is 3. The molecule has 0 atom stereocenters. The largest absolute Gasteiger partial charge is 0.377 e. The number of hydrogen-bond acceptors (Lipinski definition) is 7. The number of nitrogens with one attached hydrogen (secondary N) is 1. The Labute approximate surface area is 123 Å². The Kier molecular flexibility index (Phi) is 4.83. The molecular formula is C11H11ClN4O3S. The van der Waals surface area contributed by atoms with Crippen molar-refractivity contribution in [1.82, 2.24) is 9.36 Å². The van der Waals surface area contributed by atoms with Crippen LogP contribution in [0.15, 0.2) is 18.2 Å². The normalized spacial score (nSPS) is 10.5. The van der Waals surface area contributed by atoms with Crippen LogP contribution in [0.4, 0.5) is 10.8 Å². The zero-order valence-electron chi connectivity index (χ0n) is 10.5. The van der Waals surface area contributed by atoms with Gasteiger partial charge in [0.25, 0.3) is 5.69 Å². The molecule has 2 rings (SSSR count). The molecule has 106 valence electrons. The SMILES string of the molecule is COCc1nsc(NCc2ccc([N+](=O)[O-])cc2Cl)n1. The Balaban J connectivity index is 2.01. The van der Waals surface area contributed by atoms with Crippen molar-refractivity contribution in [3.63, 3.8) is 0 Å². The Morgan fingerprint density at radius 1 is 1.55 bits per heavy atom. The summed E-state index contributed by atoms with van der Waals surface area (Å²) >= 11 is 7.22. The van der Waals surface area contributed by atoms with Crippen molar-refractivity contribution >= 4 is 34.0 Å². The maximum atomic E-state index is 10.6. The Hall–Kier alpha value is -1.77. The summed E-state index contributed by atoms with van der Waals surface area (Å²) in [7, 11) is 1.57. The van der Waals surface area contributed by atoms with Crippen molar-refractivity contribution < 1.29 is 9.66 Å². The first kappa shape index (κ1) is 14.6. The predicted molar refractivity (Wildman–Crippen MR) is 76.1 cm³/mol. The molecule has 7 nitrogen and oxygen atoms in total. The van der Waals surface area contributed by atoms with Gasteiger partial charge < -0.3 is 10.1 Å². The lowest BCUT2D eigenvalue weighted by atomic mass is 10.2. The minimum atomic E-state index is -0.481. The number of ether oxygens (including phenoxy) is 1. The molecule has 1 heterocycles. The van der Waals surface area contributed by atoms with E-state index in [1.807, 2.05) is 0 Å². The Morgan fingerprint density at radius 3 is 3.00 bits per heavy atom. The third-order valence-electron chi connectivity index (χ3n) is 2.42. The molecule has 0 saturated carbocycles. The van der Waals surface area contributed by atoms with Crippen LogP contribution in [0.1, 0.15) is 11.4 Å². The molecule has 0 aliphatic rings. The van der Waals surface area contributed by atoms with Gasteiger partial charge in [-0.3, -0.25) is 10.1 Å². The summed E-state index contributed by atoms with van der Waals surface area (Å²) in [4.78, 5) is 14.3. The number of nitro groups is 1. The number of halogens is 1. The molecule has 20 heavy (non-hydrogen) atoms. The second kappa shape index (κ2) is 6.60. The summed E-state index contributed by atoms with van der Waals surface area (Å²) in [6, 6.07) is 4.36. The van der Waals surface area contributed by atoms with E-state index in [4.69, 9.17) is 16.3 Å². The fourth-order valence-electron chi connectivity index (χ4n) is 1.48. The first-order chi connectivity index (χ1) is 9.60. The molecule has 1 aromatic heterocycles. The average Bonchev–Trinajstić information content (AvgIpc) is 2.85. The molecule has 0 amide bonds. The zero-order chi connectivity index (χ0) is 14.5. The standard InChI is InChI=1S/C11H11ClN4O3S/c1-19-6-10-14-11(20-15-10)13-5-7-2-3-8(16(17)18)4-9(7)12/h2-4H,5-6H2,1H3,(H,13,14,15). The van der Waals surface area contributed by atoms with Crippen LogP contribution < -0.4 is 5.32 Å². The van der Waals surface area contributed by atoms with Crippen molar-refractivity contribution in [3.05, 3.63) is 44.7 Å². The predicted octanol–water partition coefficient (Wildman–Crippen LogP) is 2.86. The topological polar surface area (TPSA) is 90.2 Å². The molecule has 0 saturated heterocycles. The molecule has 0 bridgehead atoms. The number of rotatable bonds is 6. The lowest BCUT2D eigenvalue weighted by Crippen LogP contribution is -2.01. The van der Waals surface area contributed by atoms with Gasteiger partial charge in [-0.15, -0.1) is 0 Å². The quantitative estimate of drug-likeness (QED) is 0.651. The minimum absolute atomic E-state index is 0.0305. The maximum Gasteiger partial charge on any atom is 0.270 e. The second-order valence-corrected chi connectivity index (χ2v) is 4.99. The molecule has 0 spiro atoms. The molecule has 2 aromatic rings. The van der Waals surface area contributed by atoms with Crippen LogP contribution in [0.3, 0.4) is 0 Å². The lowest BCUT2D eigenvalue weighted by Gasteiger charge is -2.04. The Morgan fingerprint density at radius 2 is 2.35 bits per heavy atom. The molecule has 0 unspecified atom stereocenters. The smallest absolute Gasteiger partial charge is 0.270 e. The van der Waals surface area contributed by atoms with Crippen molar-refractivity contribution in [3.8, 4) is 0 Å². The van der Waals surface area contributed by atoms with Gasteiger partial charge >= 0.3 is 0 Å². The summed E-state index contributed by atoms with van der Waals surface area (Å²) in [5, 5.41) is 14.7.